The molecule has 2 aliphatic rings. The van der Waals surface area contributed by atoms with Gasteiger partial charge in [-0.15, -0.1) is 10.2 Å². The number of aryl methyl sites for hydroxylation is 1. The van der Waals surface area contributed by atoms with Crippen molar-refractivity contribution in [2.45, 2.75) is 51.2 Å². The summed E-state index contributed by atoms with van der Waals surface area (Å²) in [6, 6.07) is 13.0. The second kappa shape index (κ2) is 11.4. The number of hydrogen-bond acceptors (Lipinski definition) is 8. The molecule has 2 aromatic heterocycles. The summed E-state index contributed by atoms with van der Waals surface area (Å²) in [6.07, 6.45) is 3.76. The third kappa shape index (κ3) is 5.76. The molecule has 0 saturated heterocycles. The molecule has 41 heavy (non-hydrogen) atoms. The van der Waals surface area contributed by atoms with E-state index < -0.39 is 17.8 Å². The molecule has 2 amide bonds. The Morgan fingerprint density at radius 1 is 1.05 bits per heavy atom. The maximum atomic E-state index is 14.1. The number of rotatable bonds is 8. The van der Waals surface area contributed by atoms with Gasteiger partial charge in [0.15, 0.2) is 17.3 Å². The van der Waals surface area contributed by atoms with Crippen molar-refractivity contribution in [2.24, 2.45) is 0 Å². The summed E-state index contributed by atoms with van der Waals surface area (Å²) < 4.78 is 30.9. The van der Waals surface area contributed by atoms with Crippen LogP contribution in [0.15, 0.2) is 59.0 Å². The number of hydrogen-bond donors (Lipinski definition) is 1. The lowest BCUT2D eigenvalue weighted by atomic mass is 10.0. The first-order chi connectivity index (χ1) is 19.9. The van der Waals surface area contributed by atoms with Crippen molar-refractivity contribution < 1.29 is 27.9 Å². The van der Waals surface area contributed by atoms with Gasteiger partial charge in [-0.3, -0.25) is 14.5 Å². The minimum atomic E-state index is -1.11. The predicted molar refractivity (Wildman–Crippen MR) is 145 cm³/mol. The van der Waals surface area contributed by atoms with Gasteiger partial charge < -0.3 is 19.2 Å². The molecule has 11 nitrogen and oxygen atoms in total. The minimum Gasteiger partial charge on any atom is -0.486 e. The van der Waals surface area contributed by atoms with Crippen LogP contribution in [0.1, 0.15) is 43.0 Å². The molecule has 1 fully saturated rings. The summed E-state index contributed by atoms with van der Waals surface area (Å²) in [5, 5.41) is 15.5. The summed E-state index contributed by atoms with van der Waals surface area (Å²) in [7, 11) is 0. The molecule has 12 heteroatoms. The van der Waals surface area contributed by atoms with E-state index in [4.69, 9.17) is 13.9 Å². The number of furan rings is 1. The maximum Gasteiger partial charge on any atom is 0.251 e. The largest absolute Gasteiger partial charge is 0.486 e. The lowest BCUT2D eigenvalue weighted by molar-refractivity contribution is -0.127. The van der Waals surface area contributed by atoms with Crippen LogP contribution in [-0.2, 0) is 16.1 Å². The number of nitrogens with zero attached hydrogens (tertiary/aromatic N) is 5. The molecule has 1 aliphatic heterocycles. The van der Waals surface area contributed by atoms with Crippen LogP contribution in [-0.4, -0.2) is 51.3 Å². The average Bonchev–Trinajstić information content (AvgIpc) is 3.75. The summed E-state index contributed by atoms with van der Waals surface area (Å²) in [6.45, 7) is 2.24. The highest BCUT2D eigenvalue weighted by Crippen LogP contribution is 2.37. The number of carbonyl (C=O) groups is 2. The molecule has 3 heterocycles. The molecule has 1 saturated carbocycles. The number of carbonyl (C=O) groups excluding carboxylic acids is 2. The van der Waals surface area contributed by atoms with Crippen LogP contribution in [0.3, 0.4) is 0 Å². The van der Waals surface area contributed by atoms with Gasteiger partial charge in [0.2, 0.25) is 11.7 Å². The van der Waals surface area contributed by atoms with Gasteiger partial charge in [0.1, 0.15) is 37.4 Å². The minimum absolute atomic E-state index is 0.000963. The van der Waals surface area contributed by atoms with Crippen LogP contribution in [0.25, 0.3) is 11.6 Å². The Hall–Kier alpha value is -4.74. The highest BCUT2D eigenvalue weighted by molar-refractivity contribution is 6.01. The van der Waals surface area contributed by atoms with Gasteiger partial charge in [-0.25, -0.2) is 4.39 Å². The van der Waals surface area contributed by atoms with E-state index in [9.17, 15) is 14.0 Å². The number of anilines is 1. The number of fused-ring (bicyclic) bond motifs is 1. The number of halogens is 1. The second-order valence-electron chi connectivity index (χ2n) is 10.1. The molecule has 1 aliphatic carbocycles. The van der Waals surface area contributed by atoms with Gasteiger partial charge >= 0.3 is 0 Å². The molecule has 2 aromatic carbocycles. The normalized spacial score (nSPS) is 15.5. The van der Waals surface area contributed by atoms with E-state index >= 15 is 0 Å². The first-order valence-electron chi connectivity index (χ1n) is 13.6. The Morgan fingerprint density at radius 3 is 2.54 bits per heavy atom. The number of tetrazole rings is 1. The number of nitrogens with one attached hydrogen (secondary N) is 1. The summed E-state index contributed by atoms with van der Waals surface area (Å²) in [5.41, 5.74) is 0.848. The van der Waals surface area contributed by atoms with E-state index in [1.807, 2.05) is 0 Å². The molecule has 0 radical (unpaired) electrons. The zero-order chi connectivity index (χ0) is 28.3. The van der Waals surface area contributed by atoms with E-state index in [0.717, 1.165) is 30.5 Å². The molecule has 1 atom stereocenters. The van der Waals surface area contributed by atoms with Gasteiger partial charge in [0.25, 0.3) is 5.91 Å². The van der Waals surface area contributed by atoms with Crippen molar-refractivity contribution in [3.05, 3.63) is 71.7 Å². The Balaban J connectivity index is 1.38. The van der Waals surface area contributed by atoms with Crippen LogP contribution < -0.4 is 19.7 Å². The fourth-order valence-corrected chi connectivity index (χ4v) is 5.19. The molecule has 6 rings (SSSR count). The van der Waals surface area contributed by atoms with Crippen LogP contribution in [0.2, 0.25) is 0 Å². The standard InChI is InChI=1S/C29H29FN6O5/c1-18-6-12-24(41-18)28-32-34-35(33-28)17-26(37)36(22-11-13-23-25(16-22)40-15-14-39-23)27(19-7-9-20(30)10-8-19)29(38)31-21-4-2-3-5-21/h6-13,16,21,27H,2-5,14-15,17H2,1H3,(H,31,38)/t27-/m1/s1. The Kier molecular flexibility index (Phi) is 7.36. The topological polar surface area (TPSA) is 125 Å². The van der Waals surface area contributed by atoms with Gasteiger partial charge in [-0.1, -0.05) is 25.0 Å². The summed E-state index contributed by atoms with van der Waals surface area (Å²) in [4.78, 5) is 30.5. The molecule has 4 aromatic rings. The summed E-state index contributed by atoms with van der Waals surface area (Å²) >= 11 is 0. The van der Waals surface area contributed by atoms with Crippen molar-refractivity contribution in [3.63, 3.8) is 0 Å². The van der Waals surface area contributed by atoms with Crippen LogP contribution in [0.5, 0.6) is 11.5 Å². The fraction of sp³-hybridized carbons (Fsp3) is 0.345. The zero-order valence-corrected chi connectivity index (χ0v) is 22.5. The number of aromatic nitrogens is 4. The predicted octanol–water partition coefficient (Wildman–Crippen LogP) is 3.99. The van der Waals surface area contributed by atoms with E-state index in [-0.39, 0.29) is 24.3 Å². The van der Waals surface area contributed by atoms with Crippen molar-refractivity contribution in [1.29, 1.82) is 0 Å². The summed E-state index contributed by atoms with van der Waals surface area (Å²) in [5.74, 6) is 1.02. The Morgan fingerprint density at radius 2 is 1.80 bits per heavy atom. The maximum absolute atomic E-state index is 14.1. The SMILES string of the molecule is Cc1ccc(-c2nnn(CC(=O)N(c3ccc4c(c3)OCCO4)[C@@H](C(=O)NC3CCCC3)c3ccc(F)cc3)n2)o1. The van der Waals surface area contributed by atoms with Crippen LogP contribution in [0, 0.1) is 12.7 Å². The first-order valence-corrected chi connectivity index (χ1v) is 13.6. The third-order valence-electron chi connectivity index (χ3n) is 7.16. The van der Waals surface area contributed by atoms with Crippen molar-refractivity contribution in [3.8, 4) is 23.1 Å². The van der Waals surface area contributed by atoms with Gasteiger partial charge in [0.05, 0.1) is 0 Å². The molecule has 212 valence electrons. The average molecular weight is 561 g/mol. The van der Waals surface area contributed by atoms with Gasteiger partial charge in [-0.05, 0) is 66.9 Å². The molecule has 0 spiro atoms. The highest BCUT2D eigenvalue weighted by atomic mass is 19.1. The van der Waals surface area contributed by atoms with E-state index in [0.29, 0.717) is 47.5 Å². The third-order valence-corrected chi connectivity index (χ3v) is 7.16. The van der Waals surface area contributed by atoms with Gasteiger partial charge in [-0.2, -0.15) is 4.80 Å². The molecule has 0 unspecified atom stereocenters. The fourth-order valence-electron chi connectivity index (χ4n) is 5.19. The van der Waals surface area contributed by atoms with Crippen LogP contribution >= 0.6 is 0 Å². The second-order valence-corrected chi connectivity index (χ2v) is 10.1. The highest BCUT2D eigenvalue weighted by Gasteiger charge is 2.35. The van der Waals surface area contributed by atoms with Crippen molar-refractivity contribution in [1.82, 2.24) is 25.5 Å². The molecular formula is C29H29FN6O5. The Labute approximate surface area is 235 Å². The quantitative estimate of drug-likeness (QED) is 0.343. The van der Waals surface area contributed by atoms with E-state index in [1.54, 1.807) is 37.3 Å². The number of ether oxygens (including phenoxy) is 2. The molecule has 1 N–H and O–H groups in total. The first kappa shape index (κ1) is 26.5. The smallest absolute Gasteiger partial charge is 0.251 e. The lowest BCUT2D eigenvalue weighted by Crippen LogP contribution is -2.47. The Bertz CT molecular complexity index is 1550. The van der Waals surface area contributed by atoms with Crippen molar-refractivity contribution in [2.75, 3.05) is 18.1 Å². The van der Waals surface area contributed by atoms with Crippen LogP contribution in [0.4, 0.5) is 10.1 Å². The van der Waals surface area contributed by atoms with E-state index in [2.05, 4.69) is 20.7 Å². The molecular weight excluding hydrogens is 531 g/mol. The van der Waals surface area contributed by atoms with Gasteiger partial charge in [0, 0.05) is 17.8 Å². The number of amides is 2. The zero-order valence-electron chi connectivity index (χ0n) is 22.5. The monoisotopic (exact) mass is 560 g/mol. The number of benzene rings is 2. The molecule has 0 bridgehead atoms. The van der Waals surface area contributed by atoms with Crippen molar-refractivity contribution >= 4 is 17.5 Å². The lowest BCUT2D eigenvalue weighted by Gasteiger charge is -2.33. The van der Waals surface area contributed by atoms with E-state index in [1.165, 1.54) is 29.2 Å².